The number of hydrogen-bond acceptors (Lipinski definition) is 4. The summed E-state index contributed by atoms with van der Waals surface area (Å²) in [6.45, 7) is 3.45. The third kappa shape index (κ3) is 4.14. The molecule has 0 aliphatic carbocycles. The molecule has 2 amide bonds. The predicted molar refractivity (Wildman–Crippen MR) is 68.2 cm³/mol. The van der Waals surface area contributed by atoms with Gasteiger partial charge in [-0.3, -0.25) is 14.6 Å². The molecule has 1 atom stereocenters. The first-order valence-corrected chi connectivity index (χ1v) is 5.73. The maximum atomic E-state index is 11.7. The van der Waals surface area contributed by atoms with Crippen molar-refractivity contribution in [3.05, 3.63) is 29.6 Å². The fraction of sp³-hybridized carbons (Fsp3) is 0.417. The first-order chi connectivity index (χ1) is 8.54. The Hall–Kier alpha value is -1.95. The van der Waals surface area contributed by atoms with Crippen LogP contribution in [0.5, 0.6) is 0 Å². The van der Waals surface area contributed by atoms with Crippen molar-refractivity contribution in [2.45, 2.75) is 6.92 Å². The quantitative estimate of drug-likeness (QED) is 0.649. The summed E-state index contributed by atoms with van der Waals surface area (Å²) in [5, 5.41) is 5.83. The number of amides is 2. The maximum Gasteiger partial charge on any atom is 0.267 e. The Labute approximate surface area is 106 Å². The first-order valence-electron chi connectivity index (χ1n) is 5.73. The second-order valence-electron chi connectivity index (χ2n) is 4.17. The molecule has 1 unspecified atom stereocenters. The number of nitrogens with two attached hydrogens (primary N) is 1. The van der Waals surface area contributed by atoms with Gasteiger partial charge in [-0.1, -0.05) is 6.92 Å². The molecule has 0 saturated carbocycles. The molecule has 0 aliphatic rings. The average Bonchev–Trinajstić information content (AvgIpc) is 2.36. The summed E-state index contributed by atoms with van der Waals surface area (Å²) in [5.41, 5.74) is 5.62. The van der Waals surface area contributed by atoms with E-state index in [0.29, 0.717) is 18.0 Å². The van der Waals surface area contributed by atoms with Crippen LogP contribution in [0.3, 0.4) is 0 Å². The Bertz CT molecular complexity index is 417. The van der Waals surface area contributed by atoms with E-state index in [1.165, 1.54) is 18.3 Å². The summed E-state index contributed by atoms with van der Waals surface area (Å²) in [7, 11) is 1.87. The van der Waals surface area contributed by atoms with E-state index in [4.69, 9.17) is 5.73 Å². The van der Waals surface area contributed by atoms with Crippen molar-refractivity contribution in [2.75, 3.05) is 20.1 Å². The monoisotopic (exact) mass is 250 g/mol. The van der Waals surface area contributed by atoms with Crippen LogP contribution in [0.2, 0.25) is 0 Å². The van der Waals surface area contributed by atoms with Gasteiger partial charge in [0.1, 0.15) is 5.69 Å². The Balaban J connectivity index is 2.54. The number of carbonyl (C=O) groups excluding carboxylic acids is 2. The number of carbonyl (C=O) groups is 2. The van der Waals surface area contributed by atoms with Gasteiger partial charge in [0.15, 0.2) is 0 Å². The van der Waals surface area contributed by atoms with Crippen LogP contribution >= 0.6 is 0 Å². The van der Waals surface area contributed by atoms with E-state index in [1.807, 2.05) is 14.0 Å². The molecule has 0 aliphatic heterocycles. The number of nitrogens with zero attached hydrogens (tertiary/aromatic N) is 1. The summed E-state index contributed by atoms with van der Waals surface area (Å²) in [6.07, 6.45) is 1.35. The summed E-state index contributed by atoms with van der Waals surface area (Å²) in [5.74, 6) is -0.470. The van der Waals surface area contributed by atoms with Gasteiger partial charge in [-0.25, -0.2) is 0 Å². The minimum absolute atomic E-state index is 0.148. The zero-order chi connectivity index (χ0) is 13.5. The number of hydrogen-bond donors (Lipinski definition) is 3. The Kier molecular flexibility index (Phi) is 5.26. The lowest BCUT2D eigenvalue weighted by Crippen LogP contribution is -2.32. The van der Waals surface area contributed by atoms with Crippen LogP contribution in [0.25, 0.3) is 0 Å². The molecule has 6 nitrogen and oxygen atoms in total. The van der Waals surface area contributed by atoms with Gasteiger partial charge < -0.3 is 16.4 Å². The van der Waals surface area contributed by atoms with Crippen molar-refractivity contribution in [3.63, 3.8) is 0 Å². The zero-order valence-corrected chi connectivity index (χ0v) is 10.6. The standard InChI is InChI=1S/C12H18N4O2/c1-8(5-14-2)6-16-12(18)9-3-4-10(11(13)17)15-7-9/h3-4,7-8,14H,5-6H2,1-2H3,(H2,13,17)(H,16,18). The molecule has 0 aromatic carbocycles. The first kappa shape index (κ1) is 14.1. The van der Waals surface area contributed by atoms with E-state index in [0.717, 1.165) is 6.54 Å². The molecule has 0 bridgehead atoms. The second kappa shape index (κ2) is 6.70. The van der Waals surface area contributed by atoms with Crippen molar-refractivity contribution in [2.24, 2.45) is 11.7 Å². The average molecular weight is 250 g/mol. The molecule has 4 N–H and O–H groups in total. The Morgan fingerprint density at radius 2 is 2.11 bits per heavy atom. The fourth-order valence-corrected chi connectivity index (χ4v) is 1.46. The molecule has 0 radical (unpaired) electrons. The van der Waals surface area contributed by atoms with Crippen molar-refractivity contribution >= 4 is 11.8 Å². The van der Waals surface area contributed by atoms with Gasteiger partial charge in [-0.15, -0.1) is 0 Å². The van der Waals surface area contributed by atoms with Crippen molar-refractivity contribution < 1.29 is 9.59 Å². The zero-order valence-electron chi connectivity index (χ0n) is 10.6. The number of primary amides is 1. The second-order valence-corrected chi connectivity index (χ2v) is 4.17. The number of rotatable bonds is 6. The lowest BCUT2D eigenvalue weighted by Gasteiger charge is -2.11. The summed E-state index contributed by atoms with van der Waals surface area (Å²) in [6, 6.07) is 2.97. The molecule has 18 heavy (non-hydrogen) atoms. The highest BCUT2D eigenvalue weighted by Gasteiger charge is 2.09. The minimum Gasteiger partial charge on any atom is -0.364 e. The third-order valence-corrected chi connectivity index (χ3v) is 2.44. The molecule has 0 saturated heterocycles. The smallest absolute Gasteiger partial charge is 0.267 e. The maximum absolute atomic E-state index is 11.7. The van der Waals surface area contributed by atoms with Crippen molar-refractivity contribution in [1.82, 2.24) is 15.6 Å². The van der Waals surface area contributed by atoms with Crippen LogP contribution in [-0.2, 0) is 0 Å². The van der Waals surface area contributed by atoms with Gasteiger partial charge >= 0.3 is 0 Å². The third-order valence-electron chi connectivity index (χ3n) is 2.44. The predicted octanol–water partition coefficient (Wildman–Crippen LogP) is -0.234. The molecule has 1 aromatic rings. The van der Waals surface area contributed by atoms with Gasteiger partial charge in [0.05, 0.1) is 5.56 Å². The van der Waals surface area contributed by atoms with Gasteiger partial charge in [-0.05, 0) is 31.6 Å². The van der Waals surface area contributed by atoms with Crippen LogP contribution in [0.4, 0.5) is 0 Å². The normalized spacial score (nSPS) is 11.9. The molecular weight excluding hydrogens is 232 g/mol. The van der Waals surface area contributed by atoms with E-state index in [9.17, 15) is 9.59 Å². The van der Waals surface area contributed by atoms with Crippen molar-refractivity contribution in [1.29, 1.82) is 0 Å². The molecule has 1 rings (SSSR count). The highest BCUT2D eigenvalue weighted by atomic mass is 16.2. The van der Waals surface area contributed by atoms with E-state index in [1.54, 1.807) is 0 Å². The molecule has 6 heteroatoms. The number of aromatic nitrogens is 1. The van der Waals surface area contributed by atoms with E-state index in [2.05, 4.69) is 15.6 Å². The Morgan fingerprint density at radius 3 is 2.61 bits per heavy atom. The molecule has 98 valence electrons. The van der Waals surface area contributed by atoms with Gasteiger partial charge in [-0.2, -0.15) is 0 Å². The molecular formula is C12H18N4O2. The number of nitrogens with one attached hydrogen (secondary N) is 2. The fourth-order valence-electron chi connectivity index (χ4n) is 1.46. The van der Waals surface area contributed by atoms with Crippen LogP contribution < -0.4 is 16.4 Å². The SMILES string of the molecule is CNCC(C)CNC(=O)c1ccc(C(N)=O)nc1. The lowest BCUT2D eigenvalue weighted by atomic mass is 10.1. The minimum atomic E-state index is -0.607. The molecule has 1 heterocycles. The van der Waals surface area contributed by atoms with E-state index in [-0.39, 0.29) is 11.6 Å². The summed E-state index contributed by atoms with van der Waals surface area (Å²) in [4.78, 5) is 26.4. The summed E-state index contributed by atoms with van der Waals surface area (Å²) >= 11 is 0. The van der Waals surface area contributed by atoms with Crippen LogP contribution in [0.15, 0.2) is 18.3 Å². The number of pyridine rings is 1. The largest absolute Gasteiger partial charge is 0.364 e. The van der Waals surface area contributed by atoms with E-state index >= 15 is 0 Å². The molecule has 0 spiro atoms. The molecule has 0 fully saturated rings. The topological polar surface area (TPSA) is 97.1 Å². The summed E-state index contributed by atoms with van der Waals surface area (Å²) < 4.78 is 0. The van der Waals surface area contributed by atoms with Crippen LogP contribution in [-0.4, -0.2) is 36.9 Å². The Morgan fingerprint density at radius 1 is 1.39 bits per heavy atom. The van der Waals surface area contributed by atoms with Gasteiger partial charge in [0.25, 0.3) is 11.8 Å². The van der Waals surface area contributed by atoms with Crippen LogP contribution in [0.1, 0.15) is 27.8 Å². The van der Waals surface area contributed by atoms with Crippen LogP contribution in [0, 0.1) is 5.92 Å². The highest BCUT2D eigenvalue weighted by Crippen LogP contribution is 2.00. The van der Waals surface area contributed by atoms with Gasteiger partial charge in [0, 0.05) is 12.7 Å². The van der Waals surface area contributed by atoms with Crippen molar-refractivity contribution in [3.8, 4) is 0 Å². The molecule has 1 aromatic heterocycles. The van der Waals surface area contributed by atoms with Gasteiger partial charge in [0.2, 0.25) is 0 Å². The van der Waals surface area contributed by atoms with E-state index < -0.39 is 5.91 Å². The highest BCUT2D eigenvalue weighted by molar-refractivity contribution is 5.95. The lowest BCUT2D eigenvalue weighted by molar-refractivity contribution is 0.0944.